The van der Waals surface area contributed by atoms with E-state index in [1.54, 1.807) is 11.1 Å². The molecule has 2 aromatic carbocycles. The number of rotatable bonds is 8. The molecular weight excluding hydrogens is 1030 g/mol. The van der Waals surface area contributed by atoms with Crippen molar-refractivity contribution in [3.05, 3.63) is 128 Å². The minimum atomic E-state index is -3.54. The molecule has 4 aromatic rings. The predicted molar refractivity (Wildman–Crippen MR) is 281 cm³/mol. The summed E-state index contributed by atoms with van der Waals surface area (Å²) >= 11 is 15.2. The fourth-order valence-electron chi connectivity index (χ4n) is 9.86. The Morgan fingerprint density at radius 1 is 0.676 bits per heavy atom. The van der Waals surface area contributed by atoms with Gasteiger partial charge < -0.3 is 19.3 Å². The Balaban J connectivity index is 0.000000203. The van der Waals surface area contributed by atoms with Crippen molar-refractivity contribution in [1.29, 1.82) is 0 Å². The smallest absolute Gasteiger partial charge is 0.410 e. The number of amides is 2. The highest BCUT2D eigenvalue weighted by Crippen LogP contribution is 2.47. The van der Waals surface area contributed by atoms with Crippen molar-refractivity contribution in [3.63, 3.8) is 0 Å². The quantitative estimate of drug-likeness (QED) is 0.0962. The van der Waals surface area contributed by atoms with E-state index in [9.17, 15) is 18.0 Å². The van der Waals surface area contributed by atoms with Crippen molar-refractivity contribution in [2.24, 2.45) is 11.8 Å². The topological polar surface area (TPSA) is 128 Å². The summed E-state index contributed by atoms with van der Waals surface area (Å²) in [5.74, 6) is 0.855. The third-order valence-electron chi connectivity index (χ3n) is 12.7. The number of likely N-dealkylation sites (tertiary alicyclic amines) is 2. The fourth-order valence-corrected chi connectivity index (χ4v) is 11.2. The van der Waals surface area contributed by atoms with E-state index in [1.807, 2.05) is 89.0 Å². The number of alkyl halides is 1. The van der Waals surface area contributed by atoms with Crippen LogP contribution in [0.3, 0.4) is 0 Å². The summed E-state index contributed by atoms with van der Waals surface area (Å²) in [5, 5.41) is 1.39. The molecule has 8 rings (SSSR count). The number of piperidine rings is 2. The van der Waals surface area contributed by atoms with Gasteiger partial charge in [0.1, 0.15) is 11.2 Å². The van der Waals surface area contributed by atoms with Gasteiger partial charge in [-0.3, -0.25) is 14.2 Å². The van der Waals surface area contributed by atoms with E-state index in [0.29, 0.717) is 43.5 Å². The van der Waals surface area contributed by atoms with E-state index in [-0.39, 0.29) is 36.5 Å². The number of hydrogen-bond acceptors (Lipinski definition) is 9. The van der Waals surface area contributed by atoms with E-state index in [1.165, 1.54) is 22.3 Å². The average Bonchev–Trinajstić information content (AvgIpc) is 3.49. The number of carbonyl (C=O) groups excluding carboxylic acids is 2. The lowest BCUT2D eigenvalue weighted by atomic mass is 9.76. The number of benzene rings is 2. The van der Waals surface area contributed by atoms with Crippen LogP contribution in [0.15, 0.2) is 73.1 Å². The molecule has 2 unspecified atom stereocenters. The van der Waals surface area contributed by atoms with E-state index in [0.717, 1.165) is 81.5 Å². The van der Waals surface area contributed by atoms with Crippen molar-refractivity contribution in [2.45, 2.75) is 103 Å². The zero-order valence-electron chi connectivity index (χ0n) is 40.1. The Bertz CT molecular complexity index is 2650. The van der Waals surface area contributed by atoms with Gasteiger partial charge in [0.05, 0.1) is 24.3 Å². The second-order valence-electron chi connectivity index (χ2n) is 20.0. The molecule has 2 aliphatic carbocycles. The minimum absolute atomic E-state index is 0.0128. The first-order chi connectivity index (χ1) is 32.2. The molecule has 364 valence electrons. The lowest BCUT2D eigenvalue weighted by Crippen LogP contribution is -2.42. The van der Waals surface area contributed by atoms with Crippen LogP contribution in [0.1, 0.15) is 137 Å². The van der Waals surface area contributed by atoms with Gasteiger partial charge in [-0.2, -0.15) is 8.42 Å². The van der Waals surface area contributed by atoms with Crippen LogP contribution < -0.4 is 0 Å². The highest BCUT2D eigenvalue weighted by Gasteiger charge is 2.38. The summed E-state index contributed by atoms with van der Waals surface area (Å²) in [5.41, 5.74) is 10.2. The molecule has 0 saturated carbocycles. The number of pyridine rings is 2. The zero-order valence-corrected chi connectivity index (χ0v) is 44.6. The van der Waals surface area contributed by atoms with Crippen LogP contribution in [0.25, 0.3) is 23.3 Å². The Morgan fingerprint density at radius 2 is 1.09 bits per heavy atom. The van der Waals surface area contributed by atoms with E-state index >= 15 is 0 Å². The number of aromatic nitrogens is 2. The van der Waals surface area contributed by atoms with Crippen LogP contribution in [0, 0.1) is 11.8 Å². The normalized spacial score (nSPS) is 18.8. The first-order valence-electron chi connectivity index (χ1n) is 23.4. The number of fused-ring (bicyclic) bond motifs is 4. The molecular formula is C53H63Cl2IN4O7S. The number of halogens is 3. The van der Waals surface area contributed by atoms with Gasteiger partial charge in [-0.25, -0.2) is 9.59 Å². The monoisotopic (exact) mass is 1100 g/mol. The molecule has 2 atom stereocenters. The van der Waals surface area contributed by atoms with Gasteiger partial charge in [-0.1, -0.05) is 82.2 Å². The number of carbonyl (C=O) groups is 2. The molecule has 0 bridgehead atoms. The summed E-state index contributed by atoms with van der Waals surface area (Å²) in [6, 6.07) is 20.3. The third kappa shape index (κ3) is 13.2. The maximum atomic E-state index is 12.6. The van der Waals surface area contributed by atoms with Crippen molar-refractivity contribution < 1.29 is 31.7 Å². The molecule has 68 heavy (non-hydrogen) atoms. The van der Waals surface area contributed by atoms with Crippen LogP contribution in [0.5, 0.6) is 0 Å². The lowest BCUT2D eigenvalue weighted by Gasteiger charge is -2.37. The number of hydrogen-bond donors (Lipinski definition) is 0. The maximum Gasteiger partial charge on any atom is 0.410 e. The standard InChI is InChI=1S/C27H33ClN2O5S.C26H30ClIN2O2/c1-27(2,3)35-26(31)30-13-9-18(10-14-30)24-22-8-7-21(28)17-20(22)16-19(11-15-34-36(4,32)33)23-6-5-12-29-25(23)24;1-26(2,3)32-25(31)30-13-9-17(10-14-30)23-21-7-6-20(27)16-19(21)15-18(8-11-28)22-5-4-12-29-24(22)23/h5-8,12,16-18,24H,9-11,13-15H2,1-4H3;4-7,12,15-17,23H,8-11,13-14H2,1-3H3. The molecule has 11 nitrogen and oxygen atoms in total. The first kappa shape index (κ1) is 51.8. The van der Waals surface area contributed by atoms with E-state index in [4.69, 9.17) is 46.8 Å². The zero-order chi connectivity index (χ0) is 49.0. The van der Waals surface area contributed by atoms with Gasteiger partial charge in [-0.15, -0.1) is 0 Å². The summed E-state index contributed by atoms with van der Waals surface area (Å²) < 4.78 is 40.3. The average molecular weight is 1100 g/mol. The molecule has 15 heteroatoms. The Labute approximate surface area is 426 Å². The summed E-state index contributed by atoms with van der Waals surface area (Å²) in [7, 11) is -3.54. The van der Waals surface area contributed by atoms with E-state index < -0.39 is 21.3 Å². The lowest BCUT2D eigenvalue weighted by molar-refractivity contribution is 0.0167. The fraction of sp³-hybridized carbons (Fsp3) is 0.472. The molecule has 2 fully saturated rings. The molecule has 2 saturated heterocycles. The second-order valence-corrected chi connectivity index (χ2v) is 23.6. The van der Waals surface area contributed by atoms with Crippen LogP contribution in [-0.2, 0) is 23.8 Å². The molecule has 4 heterocycles. The number of allylic oxidation sites excluding steroid dienone is 1. The SMILES string of the molecule is CC(C)(C)OC(=O)N1CCC(C2c3ccc(Cl)cc3C=C(CCI)c3cccnc32)CC1.CC(C)(C)OC(=O)N1CCC(C2c3ccc(Cl)cc3C=C(CCOS(C)(=O)=O)c3cccnc32)CC1. The molecule has 0 radical (unpaired) electrons. The molecule has 0 N–H and O–H groups in total. The Morgan fingerprint density at radius 3 is 1.47 bits per heavy atom. The second kappa shape index (κ2) is 22.0. The van der Waals surface area contributed by atoms with Crippen molar-refractivity contribution in [1.82, 2.24) is 19.8 Å². The van der Waals surface area contributed by atoms with Gasteiger partial charge in [-0.05, 0) is 173 Å². The van der Waals surface area contributed by atoms with Crippen LogP contribution in [0.2, 0.25) is 10.0 Å². The molecule has 2 aliphatic heterocycles. The van der Waals surface area contributed by atoms with Crippen molar-refractivity contribution in [2.75, 3.05) is 43.5 Å². The van der Waals surface area contributed by atoms with Gasteiger partial charge in [0.25, 0.3) is 10.1 Å². The Kier molecular flexibility index (Phi) is 16.7. The molecule has 4 aliphatic rings. The number of ether oxygens (including phenoxy) is 2. The van der Waals surface area contributed by atoms with Crippen LogP contribution >= 0.6 is 45.8 Å². The van der Waals surface area contributed by atoms with Gasteiger partial charge >= 0.3 is 12.2 Å². The van der Waals surface area contributed by atoms with E-state index in [2.05, 4.69) is 59.0 Å². The third-order valence-corrected chi connectivity index (χ3v) is 14.3. The van der Waals surface area contributed by atoms with Gasteiger partial charge in [0.15, 0.2) is 0 Å². The first-order valence-corrected chi connectivity index (χ1v) is 27.5. The van der Waals surface area contributed by atoms with Crippen molar-refractivity contribution >= 4 is 91.4 Å². The minimum Gasteiger partial charge on any atom is -0.444 e. The summed E-state index contributed by atoms with van der Waals surface area (Å²) in [4.78, 5) is 38.6. The maximum absolute atomic E-state index is 12.6. The number of nitrogens with zero attached hydrogens (tertiary/aromatic N) is 4. The van der Waals surface area contributed by atoms with Crippen LogP contribution in [0.4, 0.5) is 9.59 Å². The summed E-state index contributed by atoms with van der Waals surface area (Å²) in [6.07, 6.45) is 13.5. The van der Waals surface area contributed by atoms with Gasteiger partial charge in [0, 0.05) is 64.9 Å². The molecule has 0 spiro atoms. The molecule has 2 amide bonds. The highest BCUT2D eigenvalue weighted by atomic mass is 127. The van der Waals surface area contributed by atoms with Crippen LogP contribution in [-0.4, -0.2) is 95.0 Å². The predicted octanol–water partition coefficient (Wildman–Crippen LogP) is 12.9. The van der Waals surface area contributed by atoms with Gasteiger partial charge in [0.2, 0.25) is 0 Å². The molecule has 2 aromatic heterocycles. The summed E-state index contributed by atoms with van der Waals surface area (Å²) in [6.45, 7) is 14.0. The highest BCUT2D eigenvalue weighted by molar-refractivity contribution is 14.1. The Hall–Kier alpha value is -4.02. The van der Waals surface area contributed by atoms with Crippen molar-refractivity contribution in [3.8, 4) is 0 Å². The largest absolute Gasteiger partial charge is 0.444 e.